The Morgan fingerprint density at radius 1 is 1.30 bits per heavy atom. The average Bonchev–Trinajstić information content (AvgIpc) is 2.75. The third-order valence-corrected chi connectivity index (χ3v) is 4.05. The number of ether oxygens (including phenoxy) is 1. The van der Waals surface area contributed by atoms with Crippen LogP contribution in [0.25, 0.3) is 16.7 Å². The molecule has 3 rings (SSSR count). The molecule has 0 atom stereocenters. The second-order valence-electron chi connectivity index (χ2n) is 4.25. The number of halogens is 2. The van der Waals surface area contributed by atoms with Crippen molar-refractivity contribution in [2.75, 3.05) is 7.11 Å². The summed E-state index contributed by atoms with van der Waals surface area (Å²) in [4.78, 5) is 3.16. The zero-order valence-corrected chi connectivity index (χ0v) is 13.6. The minimum atomic E-state index is 0.591. The van der Waals surface area contributed by atoms with Gasteiger partial charge < -0.3 is 9.72 Å². The Morgan fingerprint density at radius 2 is 2.10 bits per heavy atom. The molecule has 2 aromatic carbocycles. The minimum Gasteiger partial charge on any atom is -0.497 e. The Morgan fingerprint density at radius 3 is 2.85 bits per heavy atom. The van der Waals surface area contributed by atoms with Crippen molar-refractivity contribution in [2.45, 2.75) is 0 Å². The van der Waals surface area contributed by atoms with Gasteiger partial charge in [0.05, 0.1) is 28.9 Å². The molecule has 0 unspecified atom stereocenters. The Kier molecular flexibility index (Phi) is 3.58. The van der Waals surface area contributed by atoms with Gasteiger partial charge >= 0.3 is 0 Å². The first kappa shape index (κ1) is 13.7. The molecule has 0 aliphatic rings. The van der Waals surface area contributed by atoms with Crippen LogP contribution in [0.3, 0.4) is 0 Å². The average molecular weight is 370 g/mol. The van der Waals surface area contributed by atoms with Crippen molar-refractivity contribution in [3.05, 3.63) is 50.7 Å². The van der Waals surface area contributed by atoms with E-state index in [0.29, 0.717) is 9.79 Å². The zero-order valence-electron chi connectivity index (χ0n) is 10.5. The van der Waals surface area contributed by atoms with Gasteiger partial charge in [0.25, 0.3) is 0 Å². The number of fused-ring (bicyclic) bond motifs is 1. The Labute approximate surface area is 134 Å². The lowest BCUT2D eigenvalue weighted by Crippen LogP contribution is -1.96. The van der Waals surface area contributed by atoms with Crippen LogP contribution >= 0.6 is 39.7 Å². The number of methoxy groups -OCH3 is 1. The molecule has 1 heterocycles. The second kappa shape index (κ2) is 5.24. The molecule has 0 fully saturated rings. The lowest BCUT2D eigenvalue weighted by Gasteiger charge is -2.09. The molecule has 3 aromatic rings. The number of aromatic nitrogens is 2. The molecule has 102 valence electrons. The Bertz CT molecular complexity index is 856. The van der Waals surface area contributed by atoms with E-state index in [0.717, 1.165) is 26.9 Å². The van der Waals surface area contributed by atoms with Crippen LogP contribution in [0.5, 0.6) is 5.75 Å². The van der Waals surface area contributed by atoms with Gasteiger partial charge in [-0.25, -0.2) is 0 Å². The molecule has 0 aliphatic carbocycles. The third-order valence-electron chi connectivity index (χ3n) is 3.01. The third kappa shape index (κ3) is 2.26. The summed E-state index contributed by atoms with van der Waals surface area (Å²) in [6.45, 7) is 0. The largest absolute Gasteiger partial charge is 0.497 e. The topological polar surface area (TPSA) is 29.9 Å². The SMILES string of the molecule is COc1cc(Br)cc(-n2c(=S)[nH]c3cccc(Cl)c32)c1. The van der Waals surface area contributed by atoms with Gasteiger partial charge in [-0.15, -0.1) is 0 Å². The molecular formula is C14H10BrClN2OS. The number of hydrogen-bond donors (Lipinski definition) is 1. The normalized spacial score (nSPS) is 10.9. The van der Waals surface area contributed by atoms with Gasteiger partial charge in [0, 0.05) is 10.5 Å². The molecule has 1 aromatic heterocycles. The highest BCUT2D eigenvalue weighted by Gasteiger charge is 2.11. The van der Waals surface area contributed by atoms with Crippen molar-refractivity contribution in [1.82, 2.24) is 9.55 Å². The minimum absolute atomic E-state index is 0.591. The van der Waals surface area contributed by atoms with Gasteiger partial charge in [-0.3, -0.25) is 4.57 Å². The van der Waals surface area contributed by atoms with Gasteiger partial charge in [0.1, 0.15) is 5.75 Å². The lowest BCUT2D eigenvalue weighted by molar-refractivity contribution is 0.414. The van der Waals surface area contributed by atoms with Crippen molar-refractivity contribution in [1.29, 1.82) is 0 Å². The van der Waals surface area contributed by atoms with E-state index in [1.54, 1.807) is 7.11 Å². The predicted octanol–water partition coefficient (Wildman–Crippen LogP) is 5.11. The summed E-state index contributed by atoms with van der Waals surface area (Å²) >= 11 is 15.2. The standard InChI is InChI=1S/C14H10BrClN2OS/c1-19-10-6-8(15)5-9(7-10)18-13-11(16)3-2-4-12(13)17-14(18)20/h2-7H,1H3,(H,17,20). The molecule has 0 spiro atoms. The van der Waals surface area contributed by atoms with Gasteiger partial charge in [-0.2, -0.15) is 0 Å². The smallest absolute Gasteiger partial charge is 0.182 e. The van der Waals surface area contributed by atoms with Crippen LogP contribution in [-0.2, 0) is 0 Å². The fourth-order valence-electron chi connectivity index (χ4n) is 2.16. The maximum atomic E-state index is 6.31. The van der Waals surface area contributed by atoms with Crippen molar-refractivity contribution in [3.8, 4) is 11.4 Å². The van der Waals surface area contributed by atoms with Crippen molar-refractivity contribution in [3.63, 3.8) is 0 Å². The summed E-state index contributed by atoms with van der Waals surface area (Å²) in [7, 11) is 1.63. The fourth-order valence-corrected chi connectivity index (χ4v) is 3.18. The first-order chi connectivity index (χ1) is 9.60. The van der Waals surface area contributed by atoms with Crippen LogP contribution < -0.4 is 4.74 Å². The summed E-state index contributed by atoms with van der Waals surface area (Å²) in [6.07, 6.45) is 0. The van der Waals surface area contributed by atoms with Gasteiger partial charge in [-0.1, -0.05) is 33.6 Å². The number of nitrogens with zero attached hydrogens (tertiary/aromatic N) is 1. The number of hydrogen-bond acceptors (Lipinski definition) is 2. The van der Waals surface area contributed by atoms with Gasteiger partial charge in [-0.05, 0) is 36.5 Å². The monoisotopic (exact) mass is 368 g/mol. The second-order valence-corrected chi connectivity index (χ2v) is 5.96. The number of nitrogens with one attached hydrogen (secondary N) is 1. The van der Waals surface area contributed by atoms with Gasteiger partial charge in [0.15, 0.2) is 4.77 Å². The van der Waals surface area contributed by atoms with Crippen LogP contribution in [0.15, 0.2) is 40.9 Å². The van der Waals surface area contributed by atoms with Crippen LogP contribution in [0, 0.1) is 4.77 Å². The summed E-state index contributed by atoms with van der Waals surface area (Å²) in [5.74, 6) is 0.748. The Balaban J connectivity index is 2.37. The van der Waals surface area contributed by atoms with Crippen LogP contribution in [-0.4, -0.2) is 16.7 Å². The number of H-pyrrole nitrogens is 1. The van der Waals surface area contributed by atoms with E-state index in [2.05, 4.69) is 20.9 Å². The van der Waals surface area contributed by atoms with Crippen molar-refractivity contribution in [2.24, 2.45) is 0 Å². The van der Waals surface area contributed by atoms with E-state index in [1.807, 2.05) is 41.0 Å². The van der Waals surface area contributed by atoms with Crippen molar-refractivity contribution < 1.29 is 4.74 Å². The number of aromatic amines is 1. The zero-order chi connectivity index (χ0) is 14.3. The summed E-state index contributed by atoms with van der Waals surface area (Å²) in [6, 6.07) is 11.5. The highest BCUT2D eigenvalue weighted by molar-refractivity contribution is 9.10. The molecule has 0 saturated heterocycles. The van der Waals surface area contributed by atoms with E-state index in [1.165, 1.54) is 0 Å². The molecular weight excluding hydrogens is 360 g/mol. The van der Waals surface area contributed by atoms with E-state index in [4.69, 9.17) is 28.6 Å². The lowest BCUT2D eigenvalue weighted by atomic mass is 10.2. The maximum absolute atomic E-state index is 6.31. The molecule has 6 heteroatoms. The van der Waals surface area contributed by atoms with Crippen molar-refractivity contribution >= 4 is 50.8 Å². The molecule has 0 aliphatic heterocycles. The van der Waals surface area contributed by atoms with E-state index in [-0.39, 0.29) is 0 Å². The number of rotatable bonds is 2. The Hall–Kier alpha value is -1.30. The molecule has 20 heavy (non-hydrogen) atoms. The van der Waals surface area contributed by atoms with E-state index < -0.39 is 0 Å². The highest BCUT2D eigenvalue weighted by Crippen LogP contribution is 2.30. The molecule has 0 radical (unpaired) electrons. The molecule has 1 N–H and O–H groups in total. The summed E-state index contributed by atoms with van der Waals surface area (Å²) in [5.41, 5.74) is 2.65. The first-order valence-electron chi connectivity index (χ1n) is 5.84. The van der Waals surface area contributed by atoms with E-state index in [9.17, 15) is 0 Å². The first-order valence-corrected chi connectivity index (χ1v) is 7.42. The quantitative estimate of drug-likeness (QED) is 0.636. The molecule has 0 saturated carbocycles. The van der Waals surface area contributed by atoms with Crippen LogP contribution in [0.4, 0.5) is 0 Å². The highest BCUT2D eigenvalue weighted by atomic mass is 79.9. The number of para-hydroxylation sites is 1. The summed E-state index contributed by atoms with van der Waals surface area (Å²) in [5, 5.41) is 0.647. The maximum Gasteiger partial charge on any atom is 0.182 e. The van der Waals surface area contributed by atoms with Gasteiger partial charge in [0.2, 0.25) is 0 Å². The predicted molar refractivity (Wildman–Crippen MR) is 87.7 cm³/mol. The van der Waals surface area contributed by atoms with Crippen LogP contribution in [0.1, 0.15) is 0 Å². The molecule has 0 bridgehead atoms. The molecule has 3 nitrogen and oxygen atoms in total. The van der Waals surface area contributed by atoms with E-state index >= 15 is 0 Å². The number of benzene rings is 2. The summed E-state index contributed by atoms with van der Waals surface area (Å²) < 4.78 is 8.70. The fraction of sp³-hybridized carbons (Fsp3) is 0.0714. The van der Waals surface area contributed by atoms with Crippen LogP contribution in [0.2, 0.25) is 5.02 Å². The molecule has 0 amide bonds. The number of imidazole rings is 1.